The first kappa shape index (κ1) is 13.4. The molecular weight excluding hydrogens is 210 g/mol. The highest BCUT2D eigenvalue weighted by Crippen LogP contribution is 2.36. The van der Waals surface area contributed by atoms with Crippen LogP contribution in [-0.2, 0) is 4.74 Å². The topological polar surface area (TPSA) is 35.2 Å². The molecule has 0 aromatic rings. The monoisotopic (exact) mass is 239 g/mol. The molecule has 1 aliphatic heterocycles. The van der Waals surface area contributed by atoms with Crippen molar-refractivity contribution in [3.05, 3.63) is 0 Å². The maximum Gasteiger partial charge on any atom is 0.0468 e. The lowest BCUT2D eigenvalue weighted by Gasteiger charge is -2.34. The van der Waals surface area contributed by atoms with Crippen LogP contribution in [0.3, 0.4) is 0 Å². The van der Waals surface area contributed by atoms with Gasteiger partial charge in [0.25, 0.3) is 0 Å². The van der Waals surface area contributed by atoms with Gasteiger partial charge in [-0.05, 0) is 50.4 Å². The molecule has 0 spiro atoms. The van der Waals surface area contributed by atoms with E-state index in [1.165, 1.54) is 57.8 Å². The van der Waals surface area contributed by atoms with Gasteiger partial charge in [0.2, 0.25) is 0 Å². The Balaban J connectivity index is 1.84. The molecule has 1 heterocycles. The third kappa shape index (κ3) is 3.96. The van der Waals surface area contributed by atoms with Gasteiger partial charge in [0.15, 0.2) is 0 Å². The van der Waals surface area contributed by atoms with Crippen LogP contribution in [-0.4, -0.2) is 18.8 Å². The highest BCUT2D eigenvalue weighted by Gasteiger charge is 2.31. The third-order valence-electron chi connectivity index (χ3n) is 4.95. The van der Waals surface area contributed by atoms with E-state index in [1.54, 1.807) is 0 Å². The first-order valence-corrected chi connectivity index (χ1v) is 7.58. The Morgan fingerprint density at radius 1 is 1.06 bits per heavy atom. The van der Waals surface area contributed by atoms with Crippen LogP contribution in [0.25, 0.3) is 0 Å². The van der Waals surface area contributed by atoms with Crippen LogP contribution >= 0.6 is 0 Å². The molecule has 2 rings (SSSR count). The average molecular weight is 239 g/mol. The van der Waals surface area contributed by atoms with Gasteiger partial charge in [-0.15, -0.1) is 0 Å². The summed E-state index contributed by atoms with van der Waals surface area (Å²) >= 11 is 0. The summed E-state index contributed by atoms with van der Waals surface area (Å²) in [5.41, 5.74) is 6.81. The predicted molar refractivity (Wildman–Crippen MR) is 71.9 cm³/mol. The largest absolute Gasteiger partial charge is 0.381 e. The highest BCUT2D eigenvalue weighted by molar-refractivity contribution is 4.90. The van der Waals surface area contributed by atoms with Gasteiger partial charge < -0.3 is 10.5 Å². The molecule has 2 aliphatic rings. The van der Waals surface area contributed by atoms with Gasteiger partial charge in [-0.2, -0.15) is 0 Å². The quantitative estimate of drug-likeness (QED) is 0.765. The molecule has 0 radical (unpaired) electrons. The fourth-order valence-corrected chi connectivity index (χ4v) is 3.64. The average Bonchev–Trinajstić information content (AvgIpc) is 2.52. The Morgan fingerprint density at radius 3 is 2.53 bits per heavy atom. The van der Waals surface area contributed by atoms with Crippen LogP contribution in [0.5, 0.6) is 0 Å². The molecule has 1 aliphatic carbocycles. The van der Waals surface area contributed by atoms with E-state index in [-0.39, 0.29) is 5.54 Å². The highest BCUT2D eigenvalue weighted by atomic mass is 16.5. The SMILES string of the molecule is CCC1CCCC(N)(CC2CCOCC2)CC1. The van der Waals surface area contributed by atoms with E-state index in [0.717, 1.165) is 25.0 Å². The van der Waals surface area contributed by atoms with E-state index >= 15 is 0 Å². The van der Waals surface area contributed by atoms with Crippen molar-refractivity contribution in [2.75, 3.05) is 13.2 Å². The number of nitrogens with two attached hydrogens (primary N) is 1. The van der Waals surface area contributed by atoms with Crippen molar-refractivity contribution < 1.29 is 4.74 Å². The molecule has 17 heavy (non-hydrogen) atoms. The van der Waals surface area contributed by atoms with Crippen molar-refractivity contribution in [2.24, 2.45) is 17.6 Å². The summed E-state index contributed by atoms with van der Waals surface area (Å²) in [5.74, 6) is 1.77. The van der Waals surface area contributed by atoms with E-state index in [2.05, 4.69) is 6.92 Å². The van der Waals surface area contributed by atoms with Crippen molar-refractivity contribution in [1.29, 1.82) is 0 Å². The van der Waals surface area contributed by atoms with E-state index < -0.39 is 0 Å². The van der Waals surface area contributed by atoms with Gasteiger partial charge in [-0.25, -0.2) is 0 Å². The molecular formula is C15H29NO. The minimum absolute atomic E-state index is 0.145. The second-order valence-corrected chi connectivity index (χ2v) is 6.33. The lowest BCUT2D eigenvalue weighted by atomic mass is 9.79. The summed E-state index contributed by atoms with van der Waals surface area (Å²) in [6, 6.07) is 0. The van der Waals surface area contributed by atoms with E-state index in [0.29, 0.717) is 0 Å². The minimum Gasteiger partial charge on any atom is -0.381 e. The zero-order valence-electron chi connectivity index (χ0n) is 11.4. The molecule has 2 heteroatoms. The lowest BCUT2D eigenvalue weighted by molar-refractivity contribution is 0.0547. The molecule has 1 saturated carbocycles. The Morgan fingerprint density at radius 2 is 1.82 bits per heavy atom. The number of hydrogen-bond acceptors (Lipinski definition) is 2. The summed E-state index contributed by atoms with van der Waals surface area (Å²) < 4.78 is 5.44. The minimum atomic E-state index is 0.145. The van der Waals surface area contributed by atoms with Gasteiger partial charge in [0, 0.05) is 18.8 Å². The van der Waals surface area contributed by atoms with Crippen LogP contribution in [0.15, 0.2) is 0 Å². The van der Waals surface area contributed by atoms with Gasteiger partial charge in [0.05, 0.1) is 0 Å². The van der Waals surface area contributed by atoms with Gasteiger partial charge in [-0.1, -0.05) is 26.2 Å². The summed E-state index contributed by atoms with van der Waals surface area (Å²) in [5, 5.41) is 0. The van der Waals surface area contributed by atoms with Crippen molar-refractivity contribution in [1.82, 2.24) is 0 Å². The van der Waals surface area contributed by atoms with E-state index in [4.69, 9.17) is 10.5 Å². The molecule has 0 aromatic heterocycles. The summed E-state index contributed by atoms with van der Waals surface area (Å²) in [6.45, 7) is 4.24. The second kappa shape index (κ2) is 6.19. The van der Waals surface area contributed by atoms with Crippen molar-refractivity contribution in [3.63, 3.8) is 0 Å². The predicted octanol–water partition coefficient (Wildman–Crippen LogP) is 3.49. The van der Waals surface area contributed by atoms with Crippen LogP contribution in [0.2, 0.25) is 0 Å². The summed E-state index contributed by atoms with van der Waals surface area (Å²) in [6.07, 6.45) is 11.7. The maximum absolute atomic E-state index is 6.67. The molecule has 0 bridgehead atoms. The van der Waals surface area contributed by atoms with Crippen LogP contribution < -0.4 is 5.73 Å². The van der Waals surface area contributed by atoms with Gasteiger partial charge >= 0.3 is 0 Å². The van der Waals surface area contributed by atoms with Gasteiger partial charge in [0.1, 0.15) is 0 Å². The Labute approximate surface area is 106 Å². The van der Waals surface area contributed by atoms with E-state index in [9.17, 15) is 0 Å². The molecule has 0 aromatic carbocycles. The second-order valence-electron chi connectivity index (χ2n) is 6.33. The van der Waals surface area contributed by atoms with Crippen molar-refractivity contribution >= 4 is 0 Å². The molecule has 2 unspecified atom stereocenters. The van der Waals surface area contributed by atoms with Crippen LogP contribution in [0.1, 0.15) is 64.7 Å². The zero-order valence-corrected chi connectivity index (χ0v) is 11.4. The Kier molecular flexibility index (Phi) is 4.87. The Hall–Kier alpha value is -0.0800. The molecule has 100 valence electrons. The normalized spacial score (nSPS) is 36.7. The Bertz CT molecular complexity index is 225. The fourth-order valence-electron chi connectivity index (χ4n) is 3.64. The molecule has 2 atom stereocenters. The first-order chi connectivity index (χ1) is 8.22. The first-order valence-electron chi connectivity index (χ1n) is 7.58. The smallest absolute Gasteiger partial charge is 0.0468 e. The van der Waals surface area contributed by atoms with Crippen molar-refractivity contribution in [3.8, 4) is 0 Å². The van der Waals surface area contributed by atoms with Crippen LogP contribution in [0.4, 0.5) is 0 Å². The molecule has 0 amide bonds. The number of hydrogen-bond donors (Lipinski definition) is 1. The lowest BCUT2D eigenvalue weighted by Crippen LogP contribution is -2.42. The van der Waals surface area contributed by atoms with Crippen LogP contribution in [0, 0.1) is 11.8 Å². The summed E-state index contributed by atoms with van der Waals surface area (Å²) in [4.78, 5) is 0. The molecule has 1 saturated heterocycles. The zero-order chi connectivity index (χ0) is 12.1. The number of ether oxygens (including phenoxy) is 1. The molecule has 2 nitrogen and oxygen atoms in total. The standard InChI is InChI=1S/C15H29NO/c1-2-13-4-3-8-15(16,9-5-13)12-14-6-10-17-11-7-14/h13-14H,2-12,16H2,1H3. The van der Waals surface area contributed by atoms with Crippen molar-refractivity contribution in [2.45, 2.75) is 70.3 Å². The third-order valence-corrected chi connectivity index (χ3v) is 4.95. The fraction of sp³-hybridized carbons (Fsp3) is 1.00. The van der Waals surface area contributed by atoms with Gasteiger partial charge in [-0.3, -0.25) is 0 Å². The molecule has 2 fully saturated rings. The van der Waals surface area contributed by atoms with E-state index in [1.807, 2.05) is 0 Å². The maximum atomic E-state index is 6.67. The summed E-state index contributed by atoms with van der Waals surface area (Å²) in [7, 11) is 0. The molecule has 2 N–H and O–H groups in total. The number of rotatable bonds is 3.